The molecule has 1 N–H and O–H groups in total. The number of nitrogens with one attached hydrogen (secondary N) is 1. The molecule has 10 nitrogen and oxygen atoms in total. The number of halogens is 2. The van der Waals surface area contributed by atoms with Crippen molar-refractivity contribution >= 4 is 46.2 Å². The Morgan fingerprint density at radius 2 is 1.68 bits per heavy atom. The first-order valence-electron chi connectivity index (χ1n) is 7.57. The van der Waals surface area contributed by atoms with Crippen LogP contribution in [0.4, 0.5) is 17.1 Å². The SMILES string of the molecule is COc1c([N+](=O)[O-])cc(NC(=O)C(C)Oc2ccc(Cl)cc2Cl)cc1[N+](=O)[O-]. The number of nitro groups is 2. The molecule has 0 heterocycles. The fraction of sp³-hybridized carbons (Fsp3) is 0.188. The highest BCUT2D eigenvalue weighted by Crippen LogP contribution is 2.39. The Kier molecular flexibility index (Phi) is 6.60. The van der Waals surface area contributed by atoms with E-state index in [0.717, 1.165) is 19.2 Å². The van der Waals surface area contributed by atoms with Gasteiger partial charge in [0.25, 0.3) is 11.7 Å². The maximum absolute atomic E-state index is 12.3. The van der Waals surface area contributed by atoms with E-state index in [1.54, 1.807) is 0 Å². The van der Waals surface area contributed by atoms with Gasteiger partial charge < -0.3 is 14.8 Å². The number of nitrogens with zero attached hydrogens (tertiary/aromatic N) is 2. The zero-order chi connectivity index (χ0) is 21.0. The quantitative estimate of drug-likeness (QED) is 0.513. The molecule has 0 saturated carbocycles. The molecule has 28 heavy (non-hydrogen) atoms. The Hall–Kier alpha value is -3.11. The summed E-state index contributed by atoms with van der Waals surface area (Å²) in [5, 5.41) is 25.2. The van der Waals surface area contributed by atoms with Crippen LogP contribution < -0.4 is 14.8 Å². The van der Waals surface area contributed by atoms with E-state index in [2.05, 4.69) is 5.32 Å². The fourth-order valence-corrected chi connectivity index (χ4v) is 2.66. The molecule has 0 aliphatic rings. The van der Waals surface area contributed by atoms with Gasteiger partial charge >= 0.3 is 11.4 Å². The number of carbonyl (C=O) groups is 1. The first-order chi connectivity index (χ1) is 13.1. The average Bonchev–Trinajstić information content (AvgIpc) is 2.62. The van der Waals surface area contributed by atoms with Gasteiger partial charge in [0.2, 0.25) is 0 Å². The average molecular weight is 430 g/mol. The lowest BCUT2D eigenvalue weighted by molar-refractivity contribution is -0.395. The lowest BCUT2D eigenvalue weighted by Crippen LogP contribution is -2.30. The molecule has 0 aliphatic carbocycles. The van der Waals surface area contributed by atoms with Gasteiger partial charge in [-0.2, -0.15) is 0 Å². The first-order valence-corrected chi connectivity index (χ1v) is 8.33. The first kappa shape index (κ1) is 21.2. The molecule has 0 bridgehead atoms. The van der Waals surface area contributed by atoms with Gasteiger partial charge in [-0.15, -0.1) is 0 Å². The minimum Gasteiger partial charge on any atom is -0.485 e. The van der Waals surface area contributed by atoms with Gasteiger partial charge in [0.05, 0.1) is 27.7 Å². The number of methoxy groups -OCH3 is 1. The summed E-state index contributed by atoms with van der Waals surface area (Å²) < 4.78 is 10.2. The predicted octanol–water partition coefficient (Wildman–Crippen LogP) is 4.22. The second kappa shape index (κ2) is 8.72. The van der Waals surface area contributed by atoms with Crippen molar-refractivity contribution in [1.29, 1.82) is 0 Å². The molecule has 0 radical (unpaired) electrons. The van der Waals surface area contributed by atoms with Crippen LogP contribution in [-0.2, 0) is 4.79 Å². The van der Waals surface area contributed by atoms with Crippen LogP contribution in [0.3, 0.4) is 0 Å². The normalized spacial score (nSPS) is 11.4. The van der Waals surface area contributed by atoms with Crippen LogP contribution in [-0.4, -0.2) is 29.0 Å². The third kappa shape index (κ3) is 4.78. The van der Waals surface area contributed by atoms with Crippen LogP contribution in [0.2, 0.25) is 10.0 Å². The second-order valence-corrected chi connectivity index (χ2v) is 6.23. The molecule has 0 aliphatic heterocycles. The predicted molar refractivity (Wildman–Crippen MR) is 101 cm³/mol. The topological polar surface area (TPSA) is 134 Å². The number of rotatable bonds is 7. The molecule has 1 amide bonds. The van der Waals surface area contributed by atoms with Gasteiger partial charge in [-0.05, 0) is 25.1 Å². The number of hydrogen-bond donors (Lipinski definition) is 1. The zero-order valence-electron chi connectivity index (χ0n) is 14.5. The zero-order valence-corrected chi connectivity index (χ0v) is 16.0. The van der Waals surface area contributed by atoms with Gasteiger partial charge in [0.1, 0.15) is 5.75 Å². The smallest absolute Gasteiger partial charge is 0.320 e. The highest BCUT2D eigenvalue weighted by atomic mass is 35.5. The summed E-state index contributed by atoms with van der Waals surface area (Å²) in [6.07, 6.45) is -1.07. The summed E-state index contributed by atoms with van der Waals surface area (Å²) in [5.74, 6) is -1.04. The number of amides is 1. The Morgan fingerprint density at radius 1 is 1.11 bits per heavy atom. The highest BCUT2D eigenvalue weighted by Gasteiger charge is 2.29. The summed E-state index contributed by atoms with van der Waals surface area (Å²) >= 11 is 11.8. The monoisotopic (exact) mass is 429 g/mol. The molecule has 2 aromatic rings. The summed E-state index contributed by atoms with van der Waals surface area (Å²) in [5.41, 5.74) is -1.50. The van der Waals surface area contributed by atoms with Crippen molar-refractivity contribution in [3.05, 3.63) is 60.6 Å². The number of hydrogen-bond acceptors (Lipinski definition) is 7. The van der Waals surface area contributed by atoms with Gasteiger partial charge in [0.15, 0.2) is 6.10 Å². The number of carbonyl (C=O) groups excluding carboxylic acids is 1. The maximum Gasteiger partial charge on any atom is 0.320 e. The lowest BCUT2D eigenvalue weighted by Gasteiger charge is -2.16. The largest absolute Gasteiger partial charge is 0.485 e. The summed E-state index contributed by atoms with van der Waals surface area (Å²) in [6.45, 7) is 1.41. The number of nitro benzene ring substituents is 2. The highest BCUT2D eigenvalue weighted by molar-refractivity contribution is 6.35. The number of anilines is 1. The van der Waals surface area contributed by atoms with Gasteiger partial charge in [-0.25, -0.2) is 0 Å². The van der Waals surface area contributed by atoms with Crippen LogP contribution in [0.5, 0.6) is 11.5 Å². The Bertz CT molecular complexity index is 917. The Labute approximate surface area is 168 Å². The van der Waals surface area contributed by atoms with Gasteiger partial charge in [0, 0.05) is 17.2 Å². The lowest BCUT2D eigenvalue weighted by atomic mass is 10.2. The van der Waals surface area contributed by atoms with E-state index in [4.69, 9.17) is 32.7 Å². The summed E-state index contributed by atoms with van der Waals surface area (Å²) in [4.78, 5) is 33.0. The molecule has 1 atom stereocenters. The van der Waals surface area contributed by atoms with E-state index in [1.165, 1.54) is 25.1 Å². The van der Waals surface area contributed by atoms with Crippen molar-refractivity contribution in [2.24, 2.45) is 0 Å². The molecule has 0 spiro atoms. The van der Waals surface area contributed by atoms with Crippen molar-refractivity contribution in [1.82, 2.24) is 0 Å². The van der Waals surface area contributed by atoms with Crippen LogP contribution in [0, 0.1) is 20.2 Å². The van der Waals surface area contributed by atoms with Gasteiger partial charge in [-0.1, -0.05) is 23.2 Å². The molecule has 2 rings (SSSR count). The van der Waals surface area contributed by atoms with Crippen molar-refractivity contribution in [2.75, 3.05) is 12.4 Å². The molecule has 1 unspecified atom stereocenters. The van der Waals surface area contributed by atoms with E-state index < -0.39 is 39.0 Å². The minimum atomic E-state index is -1.07. The molecule has 0 aromatic heterocycles. The van der Waals surface area contributed by atoms with Gasteiger partial charge in [-0.3, -0.25) is 25.0 Å². The Morgan fingerprint density at radius 3 is 2.14 bits per heavy atom. The fourth-order valence-electron chi connectivity index (χ4n) is 2.21. The second-order valence-electron chi connectivity index (χ2n) is 5.39. The molecule has 2 aromatic carbocycles. The third-order valence-electron chi connectivity index (χ3n) is 3.48. The van der Waals surface area contributed by atoms with Crippen LogP contribution >= 0.6 is 23.2 Å². The molecule has 0 saturated heterocycles. The third-order valence-corrected chi connectivity index (χ3v) is 4.01. The molecule has 148 valence electrons. The van der Waals surface area contributed by atoms with E-state index in [-0.39, 0.29) is 16.5 Å². The summed E-state index contributed by atoms with van der Waals surface area (Å²) in [6, 6.07) is 6.32. The molecule has 12 heteroatoms. The van der Waals surface area contributed by atoms with Crippen LogP contribution in [0.25, 0.3) is 0 Å². The number of ether oxygens (including phenoxy) is 2. The van der Waals surface area contributed by atoms with Crippen LogP contribution in [0.15, 0.2) is 30.3 Å². The van der Waals surface area contributed by atoms with Crippen LogP contribution in [0.1, 0.15) is 6.92 Å². The van der Waals surface area contributed by atoms with E-state index >= 15 is 0 Å². The minimum absolute atomic E-state index is 0.165. The molecular weight excluding hydrogens is 417 g/mol. The van der Waals surface area contributed by atoms with E-state index in [1.807, 2.05) is 0 Å². The maximum atomic E-state index is 12.3. The van der Waals surface area contributed by atoms with Crippen molar-refractivity contribution in [3.63, 3.8) is 0 Å². The van der Waals surface area contributed by atoms with E-state index in [0.29, 0.717) is 5.02 Å². The Balaban J connectivity index is 2.27. The molecule has 0 fully saturated rings. The van der Waals surface area contributed by atoms with Crippen molar-refractivity contribution < 1.29 is 24.1 Å². The summed E-state index contributed by atoms with van der Waals surface area (Å²) in [7, 11) is 1.07. The standard InChI is InChI=1S/C16H13Cl2N3O7/c1-8(28-14-4-3-9(17)5-11(14)18)16(22)19-10-6-12(20(23)24)15(27-2)13(7-10)21(25)26/h3-8H,1-2H3,(H,19,22). The van der Waals surface area contributed by atoms with E-state index in [9.17, 15) is 25.0 Å². The molecular formula is C16H13Cl2N3O7. The van der Waals surface area contributed by atoms with Crippen molar-refractivity contribution in [2.45, 2.75) is 13.0 Å². The van der Waals surface area contributed by atoms with Crippen molar-refractivity contribution in [3.8, 4) is 11.5 Å². The number of benzene rings is 2.